The van der Waals surface area contributed by atoms with Crippen LogP contribution in [0.25, 0.3) is 0 Å². The molecule has 2 N–H and O–H groups in total. The van der Waals surface area contributed by atoms with Crippen LogP contribution in [-0.4, -0.2) is 29.4 Å². The molecule has 1 rings (SSSR count). The maximum absolute atomic E-state index is 13.7. The Labute approximate surface area is 121 Å². The largest absolute Gasteiger partial charge is 0.492 e. The van der Waals surface area contributed by atoms with E-state index in [0.717, 1.165) is 6.07 Å². The third-order valence-electron chi connectivity index (χ3n) is 2.26. The van der Waals surface area contributed by atoms with E-state index in [2.05, 4.69) is 5.32 Å². The molecule has 1 aromatic rings. The van der Waals surface area contributed by atoms with Gasteiger partial charge in [0.1, 0.15) is 28.4 Å². The summed E-state index contributed by atoms with van der Waals surface area (Å²) in [5, 5.41) is 11.3. The number of carboxylic acids is 1. The van der Waals surface area contributed by atoms with Crippen molar-refractivity contribution < 1.29 is 28.6 Å². The summed E-state index contributed by atoms with van der Waals surface area (Å²) in [6.45, 7) is 6.87. The van der Waals surface area contributed by atoms with Crippen molar-refractivity contribution in [3.05, 3.63) is 23.5 Å². The molecule has 0 atom stereocenters. The minimum atomic E-state index is -1.51. The van der Waals surface area contributed by atoms with Crippen molar-refractivity contribution in [1.29, 1.82) is 0 Å². The van der Waals surface area contributed by atoms with Gasteiger partial charge in [-0.3, -0.25) is 5.32 Å². The number of hydrogen-bond acceptors (Lipinski definition) is 4. The zero-order valence-corrected chi connectivity index (χ0v) is 12.3. The lowest BCUT2D eigenvalue weighted by molar-refractivity contribution is 0.0635. The first-order chi connectivity index (χ1) is 9.65. The van der Waals surface area contributed by atoms with Crippen LogP contribution in [0.1, 0.15) is 38.1 Å². The quantitative estimate of drug-likeness (QED) is 0.891. The van der Waals surface area contributed by atoms with Gasteiger partial charge in [-0.15, -0.1) is 0 Å². The van der Waals surface area contributed by atoms with Crippen molar-refractivity contribution in [2.24, 2.45) is 0 Å². The van der Waals surface area contributed by atoms with E-state index in [-0.39, 0.29) is 18.0 Å². The van der Waals surface area contributed by atoms with E-state index in [1.165, 1.54) is 6.07 Å². The predicted octanol–water partition coefficient (Wildman–Crippen LogP) is 3.27. The molecule has 21 heavy (non-hydrogen) atoms. The van der Waals surface area contributed by atoms with Crippen LogP contribution in [0.2, 0.25) is 0 Å². The molecule has 0 aliphatic heterocycles. The maximum atomic E-state index is 13.7. The average molecular weight is 299 g/mol. The second-order valence-corrected chi connectivity index (χ2v) is 5.16. The highest BCUT2D eigenvalue weighted by molar-refractivity contribution is 6.01. The van der Waals surface area contributed by atoms with Crippen molar-refractivity contribution >= 4 is 17.7 Å². The normalized spacial score (nSPS) is 10.9. The first kappa shape index (κ1) is 16.7. The number of ether oxygens (including phenoxy) is 2. The standard InChI is InChI=1S/C14H18FNO5/c1-5-20-9-7-6-8(15)10(12(17)18)11(9)16-13(19)21-14(2,3)4/h6-7H,5H2,1-4H3,(H,16,19)(H,17,18). The lowest BCUT2D eigenvalue weighted by Crippen LogP contribution is -2.28. The van der Waals surface area contributed by atoms with Gasteiger partial charge in [0.15, 0.2) is 0 Å². The van der Waals surface area contributed by atoms with Gasteiger partial charge in [0, 0.05) is 0 Å². The summed E-state index contributed by atoms with van der Waals surface area (Å²) in [4.78, 5) is 22.9. The molecule has 0 aliphatic rings. The summed E-state index contributed by atoms with van der Waals surface area (Å²) in [5.74, 6) is -2.43. The summed E-state index contributed by atoms with van der Waals surface area (Å²) in [5.41, 5.74) is -1.71. The number of nitrogens with one attached hydrogen (secondary N) is 1. The predicted molar refractivity (Wildman–Crippen MR) is 74.4 cm³/mol. The first-order valence-corrected chi connectivity index (χ1v) is 6.34. The van der Waals surface area contributed by atoms with Crippen LogP contribution in [0.15, 0.2) is 12.1 Å². The Hall–Kier alpha value is -2.31. The lowest BCUT2D eigenvalue weighted by atomic mass is 10.1. The summed E-state index contributed by atoms with van der Waals surface area (Å²) >= 11 is 0. The van der Waals surface area contributed by atoms with Gasteiger partial charge in [0.2, 0.25) is 0 Å². The Morgan fingerprint density at radius 3 is 2.43 bits per heavy atom. The molecule has 0 fully saturated rings. The fourth-order valence-corrected chi connectivity index (χ4v) is 1.57. The van der Waals surface area contributed by atoms with E-state index in [1.54, 1.807) is 27.7 Å². The minimum Gasteiger partial charge on any atom is -0.492 e. The summed E-state index contributed by atoms with van der Waals surface area (Å²) in [6.07, 6.45) is -0.892. The Kier molecular flexibility index (Phi) is 5.12. The zero-order valence-electron chi connectivity index (χ0n) is 12.3. The van der Waals surface area contributed by atoms with Crippen LogP contribution >= 0.6 is 0 Å². The van der Waals surface area contributed by atoms with Crippen LogP contribution in [0.4, 0.5) is 14.9 Å². The fourth-order valence-electron chi connectivity index (χ4n) is 1.57. The van der Waals surface area contributed by atoms with Gasteiger partial charge >= 0.3 is 12.1 Å². The Balaban J connectivity index is 3.21. The minimum absolute atomic E-state index is 0.0576. The molecule has 0 bridgehead atoms. The van der Waals surface area contributed by atoms with Crippen LogP contribution in [-0.2, 0) is 4.74 Å². The molecule has 0 aliphatic carbocycles. The van der Waals surface area contributed by atoms with Crippen LogP contribution in [0.3, 0.4) is 0 Å². The second kappa shape index (κ2) is 6.43. The van der Waals surface area contributed by atoms with Crippen LogP contribution < -0.4 is 10.1 Å². The van der Waals surface area contributed by atoms with Gasteiger partial charge in [-0.2, -0.15) is 0 Å². The number of amides is 1. The molecule has 116 valence electrons. The Morgan fingerprint density at radius 1 is 1.33 bits per heavy atom. The first-order valence-electron chi connectivity index (χ1n) is 6.34. The number of aromatic carboxylic acids is 1. The number of carbonyl (C=O) groups is 2. The van der Waals surface area contributed by atoms with E-state index in [0.29, 0.717) is 0 Å². The van der Waals surface area contributed by atoms with Crippen LogP contribution in [0, 0.1) is 5.82 Å². The molecular weight excluding hydrogens is 281 g/mol. The lowest BCUT2D eigenvalue weighted by Gasteiger charge is -2.21. The average Bonchev–Trinajstić information content (AvgIpc) is 2.29. The number of halogens is 1. The smallest absolute Gasteiger partial charge is 0.412 e. The SMILES string of the molecule is CCOc1ccc(F)c(C(=O)O)c1NC(=O)OC(C)(C)C. The number of rotatable bonds is 4. The number of anilines is 1. The molecule has 6 nitrogen and oxygen atoms in total. The number of benzene rings is 1. The molecular formula is C14H18FNO5. The highest BCUT2D eigenvalue weighted by Crippen LogP contribution is 2.31. The molecule has 7 heteroatoms. The van der Waals surface area contributed by atoms with Crippen molar-refractivity contribution in [3.8, 4) is 5.75 Å². The monoisotopic (exact) mass is 299 g/mol. The van der Waals surface area contributed by atoms with E-state index >= 15 is 0 Å². The van der Waals surface area contributed by atoms with E-state index < -0.39 is 29.0 Å². The van der Waals surface area contributed by atoms with Gasteiger partial charge in [0.05, 0.1) is 6.61 Å². The van der Waals surface area contributed by atoms with Crippen molar-refractivity contribution in [3.63, 3.8) is 0 Å². The zero-order chi connectivity index (χ0) is 16.2. The van der Waals surface area contributed by atoms with Gasteiger partial charge in [0.25, 0.3) is 0 Å². The molecule has 0 saturated heterocycles. The topological polar surface area (TPSA) is 84.9 Å². The molecule has 0 radical (unpaired) electrons. The highest BCUT2D eigenvalue weighted by atomic mass is 19.1. The number of hydrogen-bond donors (Lipinski definition) is 2. The van der Waals surface area contributed by atoms with Gasteiger partial charge < -0.3 is 14.6 Å². The molecule has 0 aromatic heterocycles. The second-order valence-electron chi connectivity index (χ2n) is 5.16. The molecule has 0 saturated carbocycles. The highest BCUT2D eigenvalue weighted by Gasteiger charge is 2.24. The molecule has 1 aromatic carbocycles. The summed E-state index contributed by atoms with van der Waals surface area (Å²) in [7, 11) is 0. The van der Waals surface area contributed by atoms with E-state index in [9.17, 15) is 14.0 Å². The van der Waals surface area contributed by atoms with Crippen molar-refractivity contribution in [1.82, 2.24) is 0 Å². The number of carboxylic acid groups (broad SMARTS) is 1. The molecule has 0 unspecified atom stereocenters. The maximum Gasteiger partial charge on any atom is 0.412 e. The van der Waals surface area contributed by atoms with Crippen molar-refractivity contribution in [2.45, 2.75) is 33.3 Å². The Morgan fingerprint density at radius 2 is 1.95 bits per heavy atom. The Bertz CT molecular complexity index is 551. The fraction of sp³-hybridized carbons (Fsp3) is 0.429. The summed E-state index contributed by atoms with van der Waals surface area (Å²) < 4.78 is 23.9. The van der Waals surface area contributed by atoms with Crippen LogP contribution in [0.5, 0.6) is 5.75 Å². The van der Waals surface area contributed by atoms with Gasteiger partial charge in [-0.1, -0.05) is 0 Å². The van der Waals surface area contributed by atoms with E-state index in [4.69, 9.17) is 14.6 Å². The van der Waals surface area contributed by atoms with Crippen molar-refractivity contribution in [2.75, 3.05) is 11.9 Å². The molecule has 0 heterocycles. The number of carbonyl (C=O) groups excluding carboxylic acids is 1. The third-order valence-corrected chi connectivity index (χ3v) is 2.26. The third kappa shape index (κ3) is 4.62. The van der Waals surface area contributed by atoms with Gasteiger partial charge in [-0.05, 0) is 39.8 Å². The van der Waals surface area contributed by atoms with E-state index in [1.807, 2.05) is 0 Å². The van der Waals surface area contributed by atoms with Gasteiger partial charge in [-0.25, -0.2) is 14.0 Å². The summed E-state index contributed by atoms with van der Waals surface area (Å²) in [6, 6.07) is 2.21. The molecule has 0 spiro atoms. The molecule has 1 amide bonds.